The predicted octanol–water partition coefficient (Wildman–Crippen LogP) is -2.10. The van der Waals surface area contributed by atoms with Gasteiger partial charge in [0.15, 0.2) is 6.29 Å². The molecule has 5 heteroatoms. The number of nitrogens with two attached hydrogens (primary N) is 1. The number of aliphatic hydroxyl groups is 3. The molecule has 64 valence electrons. The SMILES string of the molecule is C=C(N)C1OC(O)C(O)C1O. The van der Waals surface area contributed by atoms with Crippen LogP contribution in [0, 0.1) is 0 Å². The largest absolute Gasteiger partial charge is 0.400 e. The smallest absolute Gasteiger partial charge is 0.184 e. The Kier molecular flexibility index (Phi) is 2.15. The highest BCUT2D eigenvalue weighted by Gasteiger charge is 2.42. The highest BCUT2D eigenvalue weighted by molar-refractivity contribution is 5.05. The van der Waals surface area contributed by atoms with Crippen LogP contribution in [-0.4, -0.2) is 39.9 Å². The van der Waals surface area contributed by atoms with Gasteiger partial charge < -0.3 is 25.8 Å². The lowest BCUT2D eigenvalue weighted by Crippen LogP contribution is -2.34. The predicted molar refractivity (Wildman–Crippen MR) is 36.2 cm³/mol. The zero-order valence-corrected chi connectivity index (χ0v) is 5.84. The molecule has 5 nitrogen and oxygen atoms in total. The summed E-state index contributed by atoms with van der Waals surface area (Å²) in [5, 5.41) is 26.9. The molecule has 1 saturated heterocycles. The Morgan fingerprint density at radius 1 is 1.27 bits per heavy atom. The molecule has 11 heavy (non-hydrogen) atoms. The molecular formula is C6H11NO4. The molecule has 1 rings (SSSR count). The van der Waals surface area contributed by atoms with Crippen LogP contribution in [0.3, 0.4) is 0 Å². The summed E-state index contributed by atoms with van der Waals surface area (Å²) in [6, 6.07) is 0. The van der Waals surface area contributed by atoms with Crippen molar-refractivity contribution in [2.45, 2.75) is 24.6 Å². The van der Waals surface area contributed by atoms with E-state index in [0.29, 0.717) is 0 Å². The van der Waals surface area contributed by atoms with Gasteiger partial charge in [-0.05, 0) is 0 Å². The molecule has 0 bridgehead atoms. The van der Waals surface area contributed by atoms with E-state index in [-0.39, 0.29) is 5.70 Å². The van der Waals surface area contributed by atoms with Gasteiger partial charge in [0.05, 0.1) is 0 Å². The van der Waals surface area contributed by atoms with Gasteiger partial charge in [0.1, 0.15) is 18.3 Å². The second-order valence-electron chi connectivity index (χ2n) is 2.50. The molecule has 0 aromatic heterocycles. The first-order chi connectivity index (χ1) is 5.04. The van der Waals surface area contributed by atoms with E-state index in [2.05, 4.69) is 11.3 Å². The van der Waals surface area contributed by atoms with Gasteiger partial charge in [-0.25, -0.2) is 0 Å². The highest BCUT2D eigenvalue weighted by atomic mass is 16.6. The molecule has 4 atom stereocenters. The van der Waals surface area contributed by atoms with Crippen LogP contribution in [0.25, 0.3) is 0 Å². The second kappa shape index (κ2) is 2.78. The normalized spacial score (nSPS) is 44.3. The van der Waals surface area contributed by atoms with Crippen LogP contribution in [0.15, 0.2) is 12.3 Å². The van der Waals surface area contributed by atoms with Gasteiger partial charge in [0, 0.05) is 5.70 Å². The maximum absolute atomic E-state index is 9.12. The summed E-state index contributed by atoms with van der Waals surface area (Å²) in [5.41, 5.74) is 5.30. The molecule has 0 aromatic rings. The topological polar surface area (TPSA) is 95.9 Å². The van der Waals surface area contributed by atoms with Crippen molar-refractivity contribution >= 4 is 0 Å². The van der Waals surface area contributed by atoms with Gasteiger partial charge in [-0.2, -0.15) is 0 Å². The second-order valence-corrected chi connectivity index (χ2v) is 2.50. The Labute approximate surface area is 63.7 Å². The molecule has 1 aliphatic heterocycles. The summed E-state index contributed by atoms with van der Waals surface area (Å²) < 4.78 is 4.68. The van der Waals surface area contributed by atoms with Gasteiger partial charge in [0.25, 0.3) is 0 Å². The van der Waals surface area contributed by atoms with Gasteiger partial charge in [-0.15, -0.1) is 0 Å². The van der Waals surface area contributed by atoms with Crippen molar-refractivity contribution in [3.8, 4) is 0 Å². The van der Waals surface area contributed by atoms with Crippen molar-refractivity contribution in [2.75, 3.05) is 0 Å². The zero-order valence-electron chi connectivity index (χ0n) is 5.84. The van der Waals surface area contributed by atoms with E-state index >= 15 is 0 Å². The van der Waals surface area contributed by atoms with Crippen molar-refractivity contribution in [2.24, 2.45) is 5.73 Å². The van der Waals surface area contributed by atoms with Gasteiger partial charge in [-0.3, -0.25) is 0 Å². The van der Waals surface area contributed by atoms with Gasteiger partial charge >= 0.3 is 0 Å². The summed E-state index contributed by atoms with van der Waals surface area (Å²) in [5.74, 6) is 0. The molecule has 0 radical (unpaired) electrons. The summed E-state index contributed by atoms with van der Waals surface area (Å²) in [6.45, 7) is 3.33. The average molecular weight is 161 g/mol. The lowest BCUT2D eigenvalue weighted by Gasteiger charge is -2.12. The Balaban J connectivity index is 2.67. The van der Waals surface area contributed by atoms with Crippen molar-refractivity contribution in [1.29, 1.82) is 0 Å². The van der Waals surface area contributed by atoms with Crippen molar-refractivity contribution < 1.29 is 20.1 Å². The van der Waals surface area contributed by atoms with E-state index in [0.717, 1.165) is 0 Å². The average Bonchev–Trinajstić information content (AvgIpc) is 2.17. The lowest BCUT2D eigenvalue weighted by atomic mass is 10.1. The van der Waals surface area contributed by atoms with Crippen LogP contribution in [0.4, 0.5) is 0 Å². The van der Waals surface area contributed by atoms with Crippen molar-refractivity contribution in [1.82, 2.24) is 0 Å². The van der Waals surface area contributed by atoms with Crippen LogP contribution in [0.1, 0.15) is 0 Å². The fourth-order valence-corrected chi connectivity index (χ4v) is 0.966. The first kappa shape index (κ1) is 8.48. The first-order valence-corrected chi connectivity index (χ1v) is 3.18. The molecular weight excluding hydrogens is 150 g/mol. The maximum atomic E-state index is 9.12. The van der Waals surface area contributed by atoms with Crippen LogP contribution >= 0.6 is 0 Å². The lowest BCUT2D eigenvalue weighted by molar-refractivity contribution is -0.121. The monoisotopic (exact) mass is 161 g/mol. The number of ether oxygens (including phenoxy) is 1. The molecule has 0 aliphatic carbocycles. The summed E-state index contributed by atoms with van der Waals surface area (Å²) >= 11 is 0. The summed E-state index contributed by atoms with van der Waals surface area (Å²) in [6.07, 6.45) is -4.75. The number of aliphatic hydroxyl groups excluding tert-OH is 3. The third-order valence-corrected chi connectivity index (χ3v) is 1.60. The molecule has 1 fully saturated rings. The molecule has 0 aromatic carbocycles. The first-order valence-electron chi connectivity index (χ1n) is 3.18. The van der Waals surface area contributed by atoms with E-state index in [1.807, 2.05) is 0 Å². The van der Waals surface area contributed by atoms with E-state index < -0.39 is 24.6 Å². The minimum absolute atomic E-state index is 0.0908. The van der Waals surface area contributed by atoms with Crippen LogP contribution in [0.2, 0.25) is 0 Å². The summed E-state index contributed by atoms with van der Waals surface area (Å²) in [7, 11) is 0. The number of rotatable bonds is 1. The van der Waals surface area contributed by atoms with E-state index in [9.17, 15) is 0 Å². The van der Waals surface area contributed by atoms with Crippen LogP contribution in [0.5, 0.6) is 0 Å². The third kappa shape index (κ3) is 1.36. The Hall–Kier alpha value is -0.620. The Morgan fingerprint density at radius 2 is 1.82 bits per heavy atom. The van der Waals surface area contributed by atoms with Crippen molar-refractivity contribution in [3.63, 3.8) is 0 Å². The van der Waals surface area contributed by atoms with E-state index in [4.69, 9.17) is 21.1 Å². The quantitative estimate of drug-likeness (QED) is 0.353. The molecule has 5 N–H and O–H groups in total. The zero-order chi connectivity index (χ0) is 8.59. The maximum Gasteiger partial charge on any atom is 0.184 e. The van der Waals surface area contributed by atoms with Crippen LogP contribution < -0.4 is 5.73 Å². The van der Waals surface area contributed by atoms with E-state index in [1.165, 1.54) is 0 Å². The summed E-state index contributed by atoms with van der Waals surface area (Å²) in [4.78, 5) is 0. The standard InChI is InChI=1S/C6H11NO4/c1-2(7)5-3(8)4(9)6(10)11-5/h3-6,8-10H,1,7H2. The Morgan fingerprint density at radius 3 is 2.00 bits per heavy atom. The van der Waals surface area contributed by atoms with Gasteiger partial charge in [-0.1, -0.05) is 6.58 Å². The van der Waals surface area contributed by atoms with E-state index in [1.54, 1.807) is 0 Å². The number of hydrogen-bond acceptors (Lipinski definition) is 5. The minimum atomic E-state index is -1.38. The van der Waals surface area contributed by atoms with Gasteiger partial charge in [0.2, 0.25) is 0 Å². The molecule has 0 amide bonds. The fraction of sp³-hybridized carbons (Fsp3) is 0.667. The molecule has 0 saturated carbocycles. The molecule has 0 spiro atoms. The van der Waals surface area contributed by atoms with Crippen LogP contribution in [-0.2, 0) is 4.74 Å². The third-order valence-electron chi connectivity index (χ3n) is 1.60. The molecule has 1 aliphatic rings. The minimum Gasteiger partial charge on any atom is -0.400 e. The molecule has 4 unspecified atom stereocenters. The number of hydrogen-bond donors (Lipinski definition) is 4. The Bertz CT molecular complexity index is 172. The fourth-order valence-electron chi connectivity index (χ4n) is 0.966. The highest BCUT2D eigenvalue weighted by Crippen LogP contribution is 2.21. The van der Waals surface area contributed by atoms with Crippen molar-refractivity contribution in [3.05, 3.63) is 12.3 Å². The molecule has 1 heterocycles.